The lowest BCUT2D eigenvalue weighted by Gasteiger charge is -2.18. The lowest BCUT2D eigenvalue weighted by molar-refractivity contribution is 0.709. The van der Waals surface area contributed by atoms with Gasteiger partial charge in [0.25, 0.3) is 0 Å². The molecule has 0 atom stereocenters. The van der Waals surface area contributed by atoms with E-state index < -0.39 is 0 Å². The minimum absolute atomic E-state index is 0.751. The summed E-state index contributed by atoms with van der Waals surface area (Å²) in [5.74, 6) is 2.06. The predicted octanol–water partition coefficient (Wildman–Crippen LogP) is 1.09. The summed E-state index contributed by atoms with van der Waals surface area (Å²) in [4.78, 5) is 0. The topological polar surface area (TPSA) is 42.7 Å². The smallest absolute Gasteiger partial charge is 0.151 e. The lowest BCUT2D eigenvalue weighted by atomic mass is 10.0. The molecular weight excluding hydrogens is 200 g/mol. The van der Waals surface area contributed by atoms with Crippen molar-refractivity contribution in [3.63, 3.8) is 0 Å². The summed E-state index contributed by atoms with van der Waals surface area (Å²) in [5.41, 5.74) is 2.62. The number of hydrogen-bond donors (Lipinski definition) is 1. The molecule has 2 heterocycles. The number of benzene rings is 1. The second-order valence-corrected chi connectivity index (χ2v) is 4.03. The van der Waals surface area contributed by atoms with Crippen molar-refractivity contribution >= 4 is 0 Å². The van der Waals surface area contributed by atoms with E-state index in [4.69, 9.17) is 0 Å². The van der Waals surface area contributed by atoms with Crippen LogP contribution in [0.4, 0.5) is 0 Å². The Morgan fingerprint density at radius 2 is 2.12 bits per heavy atom. The number of para-hydroxylation sites is 1. The summed E-state index contributed by atoms with van der Waals surface area (Å²) >= 11 is 0. The monoisotopic (exact) mass is 214 g/mol. The quantitative estimate of drug-likeness (QED) is 0.813. The van der Waals surface area contributed by atoms with Crippen molar-refractivity contribution in [1.82, 2.24) is 20.1 Å². The molecule has 1 N–H and O–H groups in total. The van der Waals surface area contributed by atoms with E-state index in [0.29, 0.717) is 0 Å². The van der Waals surface area contributed by atoms with Crippen molar-refractivity contribution in [2.45, 2.75) is 19.4 Å². The third-order valence-corrected chi connectivity index (χ3v) is 2.98. The summed E-state index contributed by atoms with van der Waals surface area (Å²) in [6, 6.07) is 8.48. The Bertz CT molecular complexity index is 515. The van der Waals surface area contributed by atoms with Gasteiger partial charge in [0.2, 0.25) is 0 Å². The molecule has 0 saturated carbocycles. The van der Waals surface area contributed by atoms with Gasteiger partial charge in [0.15, 0.2) is 5.82 Å². The molecule has 16 heavy (non-hydrogen) atoms. The summed E-state index contributed by atoms with van der Waals surface area (Å²) in [5, 5.41) is 11.6. The minimum Gasteiger partial charge on any atom is -0.313 e. The van der Waals surface area contributed by atoms with Gasteiger partial charge >= 0.3 is 0 Å². The Labute approximate surface area is 94.3 Å². The van der Waals surface area contributed by atoms with Gasteiger partial charge in [-0.05, 0) is 25.1 Å². The first-order valence-corrected chi connectivity index (χ1v) is 5.56. The van der Waals surface area contributed by atoms with E-state index >= 15 is 0 Å². The Balaban J connectivity index is 2.17. The maximum Gasteiger partial charge on any atom is 0.151 e. The molecule has 1 aliphatic rings. The number of aryl methyl sites for hydroxylation is 2. The average Bonchev–Trinajstić information content (AvgIpc) is 2.73. The lowest BCUT2D eigenvalue weighted by Crippen LogP contribution is -2.17. The van der Waals surface area contributed by atoms with Gasteiger partial charge in [0, 0.05) is 6.42 Å². The molecule has 82 valence electrons. The number of aromatic nitrogens is 3. The highest BCUT2D eigenvalue weighted by atomic mass is 15.3. The Morgan fingerprint density at radius 3 is 3.00 bits per heavy atom. The largest absolute Gasteiger partial charge is 0.313 e. The van der Waals surface area contributed by atoms with Gasteiger partial charge in [-0.1, -0.05) is 18.2 Å². The van der Waals surface area contributed by atoms with Crippen LogP contribution in [-0.2, 0) is 19.4 Å². The molecule has 0 radical (unpaired) electrons. The normalized spacial score (nSPS) is 13.3. The number of fused-ring (bicyclic) bond motifs is 3. The van der Waals surface area contributed by atoms with E-state index in [0.717, 1.165) is 31.0 Å². The third kappa shape index (κ3) is 1.34. The van der Waals surface area contributed by atoms with E-state index in [1.165, 1.54) is 11.3 Å². The minimum atomic E-state index is 0.751. The molecule has 0 fully saturated rings. The Kier molecular flexibility index (Phi) is 2.22. The zero-order valence-electron chi connectivity index (χ0n) is 9.27. The SMILES string of the molecule is CNCc1nnc2n1-c1ccccc1CC2. The molecule has 1 aromatic carbocycles. The second kappa shape index (κ2) is 3.72. The van der Waals surface area contributed by atoms with E-state index in [9.17, 15) is 0 Å². The zero-order valence-corrected chi connectivity index (χ0v) is 9.27. The first-order chi connectivity index (χ1) is 7.90. The fourth-order valence-corrected chi connectivity index (χ4v) is 2.25. The number of rotatable bonds is 2. The van der Waals surface area contributed by atoms with Crippen molar-refractivity contribution in [3.8, 4) is 5.69 Å². The van der Waals surface area contributed by atoms with Crippen molar-refractivity contribution in [2.75, 3.05) is 7.05 Å². The van der Waals surface area contributed by atoms with Gasteiger partial charge in [0.1, 0.15) is 5.82 Å². The molecule has 0 saturated heterocycles. The van der Waals surface area contributed by atoms with Crippen molar-refractivity contribution in [1.29, 1.82) is 0 Å². The average molecular weight is 214 g/mol. The van der Waals surface area contributed by atoms with Crippen LogP contribution in [0, 0.1) is 0 Å². The molecule has 3 rings (SSSR count). The van der Waals surface area contributed by atoms with Crippen molar-refractivity contribution < 1.29 is 0 Å². The number of nitrogens with zero attached hydrogens (tertiary/aromatic N) is 3. The van der Waals surface area contributed by atoms with Gasteiger partial charge in [-0.25, -0.2) is 0 Å². The Morgan fingerprint density at radius 1 is 1.25 bits per heavy atom. The maximum absolute atomic E-state index is 4.25. The van der Waals surface area contributed by atoms with Gasteiger partial charge in [-0.2, -0.15) is 0 Å². The van der Waals surface area contributed by atoms with E-state index in [1.807, 2.05) is 7.05 Å². The van der Waals surface area contributed by atoms with Crippen LogP contribution in [0.15, 0.2) is 24.3 Å². The maximum atomic E-state index is 4.25. The van der Waals surface area contributed by atoms with E-state index in [-0.39, 0.29) is 0 Å². The molecule has 2 aromatic rings. The van der Waals surface area contributed by atoms with Crippen LogP contribution in [-0.4, -0.2) is 21.8 Å². The van der Waals surface area contributed by atoms with Crippen LogP contribution in [0.5, 0.6) is 0 Å². The van der Waals surface area contributed by atoms with Gasteiger partial charge in [-0.3, -0.25) is 4.57 Å². The first kappa shape index (κ1) is 9.54. The molecule has 0 spiro atoms. The van der Waals surface area contributed by atoms with Crippen LogP contribution in [0.25, 0.3) is 5.69 Å². The van der Waals surface area contributed by atoms with Crippen molar-refractivity contribution in [3.05, 3.63) is 41.5 Å². The highest BCUT2D eigenvalue weighted by molar-refractivity contribution is 5.45. The fraction of sp³-hybridized carbons (Fsp3) is 0.333. The molecule has 4 heteroatoms. The molecule has 4 nitrogen and oxygen atoms in total. The van der Waals surface area contributed by atoms with E-state index in [2.05, 4.69) is 44.3 Å². The third-order valence-electron chi connectivity index (χ3n) is 2.98. The highest BCUT2D eigenvalue weighted by Crippen LogP contribution is 2.24. The number of nitrogens with one attached hydrogen (secondary N) is 1. The summed E-state index contributed by atoms with van der Waals surface area (Å²) < 4.78 is 2.18. The molecule has 0 bridgehead atoms. The Hall–Kier alpha value is -1.68. The van der Waals surface area contributed by atoms with Crippen LogP contribution in [0.3, 0.4) is 0 Å². The van der Waals surface area contributed by atoms with Crippen LogP contribution < -0.4 is 5.32 Å². The molecule has 0 amide bonds. The summed E-state index contributed by atoms with van der Waals surface area (Å²) in [6.07, 6.45) is 2.04. The molecule has 0 aliphatic carbocycles. The summed E-state index contributed by atoms with van der Waals surface area (Å²) in [7, 11) is 1.93. The molecule has 1 aliphatic heterocycles. The van der Waals surface area contributed by atoms with E-state index in [1.54, 1.807) is 0 Å². The van der Waals surface area contributed by atoms with Crippen LogP contribution >= 0.6 is 0 Å². The molecule has 0 unspecified atom stereocenters. The van der Waals surface area contributed by atoms with Gasteiger partial charge < -0.3 is 5.32 Å². The fourth-order valence-electron chi connectivity index (χ4n) is 2.25. The molecule has 1 aromatic heterocycles. The summed E-state index contributed by atoms with van der Waals surface area (Å²) in [6.45, 7) is 0.751. The first-order valence-electron chi connectivity index (χ1n) is 5.56. The van der Waals surface area contributed by atoms with Crippen molar-refractivity contribution in [2.24, 2.45) is 0 Å². The standard InChI is InChI=1S/C12H14N4/c1-13-8-12-15-14-11-7-6-9-4-2-3-5-10(9)16(11)12/h2-5,13H,6-8H2,1H3. The molecular formula is C12H14N4. The van der Waals surface area contributed by atoms with Gasteiger partial charge in [0.05, 0.1) is 12.2 Å². The van der Waals surface area contributed by atoms with Gasteiger partial charge in [-0.15, -0.1) is 10.2 Å². The predicted molar refractivity (Wildman–Crippen MR) is 61.5 cm³/mol. The van der Waals surface area contributed by atoms with Crippen LogP contribution in [0.1, 0.15) is 17.2 Å². The second-order valence-electron chi connectivity index (χ2n) is 4.03. The number of hydrogen-bond acceptors (Lipinski definition) is 3. The highest BCUT2D eigenvalue weighted by Gasteiger charge is 2.19. The zero-order chi connectivity index (χ0) is 11.0. The van der Waals surface area contributed by atoms with Crippen LogP contribution in [0.2, 0.25) is 0 Å².